The van der Waals surface area contributed by atoms with Crippen LogP contribution < -0.4 is 10.2 Å². The number of nitrogens with zero attached hydrogens (tertiary/aromatic N) is 4. The van der Waals surface area contributed by atoms with Crippen LogP contribution in [0.3, 0.4) is 0 Å². The number of likely N-dealkylation sites (tertiary alicyclic amines) is 1. The third kappa shape index (κ3) is 4.72. The van der Waals surface area contributed by atoms with Crippen molar-refractivity contribution < 1.29 is 4.79 Å². The number of hydrogen-bond acceptors (Lipinski definition) is 5. The van der Waals surface area contributed by atoms with Gasteiger partial charge in [0.05, 0.1) is 6.42 Å². The Bertz CT molecular complexity index is 759. The summed E-state index contributed by atoms with van der Waals surface area (Å²) in [6.45, 7) is 1.54. The predicted molar refractivity (Wildman–Crippen MR) is 107 cm³/mol. The van der Waals surface area contributed by atoms with Gasteiger partial charge in [-0.05, 0) is 24.5 Å². The first kappa shape index (κ1) is 18.6. The second-order valence-electron chi connectivity index (χ2n) is 6.72. The Labute approximate surface area is 162 Å². The fraction of sp³-hybridized carbons (Fsp3) is 0.421. The van der Waals surface area contributed by atoms with Gasteiger partial charge in [0.25, 0.3) is 0 Å². The fourth-order valence-electron chi connectivity index (χ4n) is 3.07. The number of aromatic nitrogens is 2. The van der Waals surface area contributed by atoms with E-state index in [1.165, 1.54) is 0 Å². The number of piperidine rings is 1. The van der Waals surface area contributed by atoms with Crippen LogP contribution in [0.1, 0.15) is 18.4 Å². The molecule has 6 nitrogen and oxygen atoms in total. The van der Waals surface area contributed by atoms with E-state index in [2.05, 4.69) is 31.2 Å². The Morgan fingerprint density at radius 1 is 1.27 bits per heavy atom. The molecule has 1 saturated heterocycles. The minimum Gasteiger partial charge on any atom is -0.367 e. The maximum Gasteiger partial charge on any atom is 0.227 e. The van der Waals surface area contributed by atoms with Gasteiger partial charge in [-0.2, -0.15) is 0 Å². The summed E-state index contributed by atoms with van der Waals surface area (Å²) in [4.78, 5) is 25.0. The van der Waals surface area contributed by atoms with Gasteiger partial charge in [-0.1, -0.05) is 34.1 Å². The monoisotopic (exact) mass is 417 g/mol. The van der Waals surface area contributed by atoms with Gasteiger partial charge in [-0.15, -0.1) is 0 Å². The molecule has 0 saturated carbocycles. The second kappa shape index (κ2) is 8.49. The Kier molecular flexibility index (Phi) is 6.08. The Balaban J connectivity index is 1.52. The number of rotatable bonds is 5. The molecule has 1 aromatic heterocycles. The molecular formula is C19H24BrN5O. The van der Waals surface area contributed by atoms with Crippen molar-refractivity contribution in [3.63, 3.8) is 0 Å². The Morgan fingerprint density at radius 3 is 2.69 bits per heavy atom. The number of halogens is 1. The van der Waals surface area contributed by atoms with Crippen molar-refractivity contribution in [1.82, 2.24) is 14.9 Å². The number of carbonyl (C=O) groups is 1. The maximum absolute atomic E-state index is 12.6. The lowest BCUT2D eigenvalue weighted by Crippen LogP contribution is -2.43. The van der Waals surface area contributed by atoms with E-state index in [-0.39, 0.29) is 5.91 Å². The van der Waals surface area contributed by atoms with Crippen molar-refractivity contribution in [2.75, 3.05) is 37.4 Å². The summed E-state index contributed by atoms with van der Waals surface area (Å²) in [5.41, 5.74) is 1.04. The lowest BCUT2D eigenvalue weighted by atomic mass is 10.0. The highest BCUT2D eigenvalue weighted by Gasteiger charge is 2.23. The molecule has 1 N–H and O–H groups in total. The number of anilines is 2. The van der Waals surface area contributed by atoms with Gasteiger partial charge < -0.3 is 15.1 Å². The van der Waals surface area contributed by atoms with Crippen LogP contribution in [-0.4, -0.2) is 54.0 Å². The minimum absolute atomic E-state index is 0.187. The molecule has 1 amide bonds. The number of amides is 1. The van der Waals surface area contributed by atoms with Crippen molar-refractivity contribution in [2.45, 2.75) is 25.3 Å². The van der Waals surface area contributed by atoms with E-state index in [9.17, 15) is 4.79 Å². The summed E-state index contributed by atoms with van der Waals surface area (Å²) in [6, 6.07) is 10.2. The largest absolute Gasteiger partial charge is 0.367 e. The lowest BCUT2D eigenvalue weighted by Gasteiger charge is -2.33. The van der Waals surface area contributed by atoms with E-state index in [1.54, 1.807) is 6.33 Å². The highest BCUT2D eigenvalue weighted by Crippen LogP contribution is 2.20. The normalized spacial score (nSPS) is 15.0. The van der Waals surface area contributed by atoms with Crippen LogP contribution in [0.15, 0.2) is 41.1 Å². The van der Waals surface area contributed by atoms with Crippen LogP contribution >= 0.6 is 15.9 Å². The van der Waals surface area contributed by atoms with Crippen LogP contribution in [-0.2, 0) is 11.2 Å². The molecular weight excluding hydrogens is 394 g/mol. The fourth-order valence-corrected chi connectivity index (χ4v) is 3.49. The van der Waals surface area contributed by atoms with Gasteiger partial charge in [0.2, 0.25) is 5.91 Å². The van der Waals surface area contributed by atoms with Gasteiger partial charge in [0.1, 0.15) is 18.0 Å². The second-order valence-corrected chi connectivity index (χ2v) is 7.58. The third-order valence-corrected chi connectivity index (χ3v) is 5.38. The van der Waals surface area contributed by atoms with Crippen molar-refractivity contribution in [1.29, 1.82) is 0 Å². The van der Waals surface area contributed by atoms with Crippen LogP contribution in [0.2, 0.25) is 0 Å². The van der Waals surface area contributed by atoms with Crippen molar-refractivity contribution >= 4 is 33.5 Å². The molecule has 0 spiro atoms. The molecule has 0 radical (unpaired) electrons. The topological polar surface area (TPSA) is 61.4 Å². The molecule has 2 heterocycles. The summed E-state index contributed by atoms with van der Waals surface area (Å²) in [7, 11) is 3.92. The number of benzene rings is 1. The molecule has 2 aromatic rings. The van der Waals surface area contributed by atoms with Gasteiger partial charge in [0.15, 0.2) is 0 Å². The molecule has 26 heavy (non-hydrogen) atoms. The summed E-state index contributed by atoms with van der Waals surface area (Å²) in [6.07, 6.45) is 3.86. The molecule has 1 aromatic carbocycles. The molecule has 0 unspecified atom stereocenters. The van der Waals surface area contributed by atoms with Gasteiger partial charge in [-0.3, -0.25) is 4.79 Å². The number of carbonyl (C=O) groups excluding carboxylic acids is 1. The predicted octanol–water partition coefficient (Wildman–Crippen LogP) is 2.95. The van der Waals surface area contributed by atoms with Gasteiger partial charge >= 0.3 is 0 Å². The average Bonchev–Trinajstić information content (AvgIpc) is 2.64. The van der Waals surface area contributed by atoms with E-state index < -0.39 is 0 Å². The zero-order valence-electron chi connectivity index (χ0n) is 15.2. The summed E-state index contributed by atoms with van der Waals surface area (Å²) in [5, 5.41) is 3.47. The van der Waals surface area contributed by atoms with E-state index >= 15 is 0 Å². The number of nitrogens with one attached hydrogen (secondary N) is 1. The van der Waals surface area contributed by atoms with E-state index in [0.717, 1.165) is 47.6 Å². The van der Waals surface area contributed by atoms with Crippen LogP contribution in [0, 0.1) is 0 Å². The quantitative estimate of drug-likeness (QED) is 0.809. The molecule has 0 atom stereocenters. The molecule has 1 aliphatic rings. The molecule has 0 bridgehead atoms. The van der Waals surface area contributed by atoms with Gasteiger partial charge in [-0.25, -0.2) is 9.97 Å². The smallest absolute Gasteiger partial charge is 0.227 e. The average molecular weight is 418 g/mol. The van der Waals surface area contributed by atoms with Gasteiger partial charge in [0, 0.05) is 43.8 Å². The number of hydrogen-bond donors (Lipinski definition) is 1. The zero-order valence-corrected chi connectivity index (χ0v) is 16.7. The molecule has 1 fully saturated rings. The minimum atomic E-state index is 0.187. The maximum atomic E-state index is 12.6. The summed E-state index contributed by atoms with van der Waals surface area (Å²) >= 11 is 3.52. The highest BCUT2D eigenvalue weighted by atomic mass is 79.9. The van der Waals surface area contributed by atoms with E-state index in [4.69, 9.17) is 0 Å². The molecule has 3 rings (SSSR count). The van der Waals surface area contributed by atoms with E-state index in [1.807, 2.05) is 54.2 Å². The lowest BCUT2D eigenvalue weighted by molar-refractivity contribution is -0.131. The molecule has 0 aliphatic carbocycles. The standard InChI is InChI=1S/C19H24BrN5O/c1-24(2)18-12-17(21-13-22-18)23-15-7-9-25(10-8-15)19(26)11-14-5-3-4-6-16(14)20/h3-6,12-13,15H,7-11H2,1-2H3,(H,21,22,23). The molecule has 138 valence electrons. The SMILES string of the molecule is CN(C)c1cc(NC2CCN(C(=O)Cc3ccccc3Br)CC2)ncn1. The highest BCUT2D eigenvalue weighted by molar-refractivity contribution is 9.10. The summed E-state index contributed by atoms with van der Waals surface area (Å²) < 4.78 is 0.991. The molecule has 7 heteroatoms. The van der Waals surface area contributed by atoms with E-state index in [0.29, 0.717) is 12.5 Å². The first-order valence-corrected chi connectivity index (χ1v) is 9.59. The van der Waals surface area contributed by atoms with Crippen molar-refractivity contribution in [3.8, 4) is 0 Å². The zero-order chi connectivity index (χ0) is 18.5. The Hall–Kier alpha value is -2.15. The molecule has 1 aliphatic heterocycles. The van der Waals surface area contributed by atoms with Crippen molar-refractivity contribution in [2.24, 2.45) is 0 Å². The van der Waals surface area contributed by atoms with Crippen molar-refractivity contribution in [3.05, 3.63) is 46.7 Å². The Morgan fingerprint density at radius 2 is 2.00 bits per heavy atom. The van der Waals surface area contributed by atoms with Crippen LogP contribution in [0.5, 0.6) is 0 Å². The summed E-state index contributed by atoms with van der Waals surface area (Å²) in [5.74, 6) is 1.90. The first-order valence-electron chi connectivity index (χ1n) is 8.80. The third-order valence-electron chi connectivity index (χ3n) is 4.61. The van der Waals surface area contributed by atoms with Crippen LogP contribution in [0.4, 0.5) is 11.6 Å². The van der Waals surface area contributed by atoms with Crippen LogP contribution in [0.25, 0.3) is 0 Å². The first-order chi connectivity index (χ1) is 12.5.